The van der Waals surface area contributed by atoms with E-state index in [9.17, 15) is 18.0 Å². The summed E-state index contributed by atoms with van der Waals surface area (Å²) >= 11 is 0. The highest BCUT2D eigenvalue weighted by Gasteiger charge is 2.36. The first-order valence-electron chi connectivity index (χ1n) is 7.37. The van der Waals surface area contributed by atoms with E-state index >= 15 is 0 Å². The van der Waals surface area contributed by atoms with Crippen LogP contribution in [-0.2, 0) is 24.6 Å². The molecule has 2 rings (SSSR count). The minimum absolute atomic E-state index is 0.0359. The number of hydrogen-bond donors (Lipinski definition) is 2. The number of anilines is 1. The summed E-state index contributed by atoms with van der Waals surface area (Å²) in [4.78, 5) is 11.1. The van der Waals surface area contributed by atoms with Gasteiger partial charge in [-0.2, -0.15) is 18.3 Å². The van der Waals surface area contributed by atoms with E-state index in [2.05, 4.69) is 15.7 Å². The van der Waals surface area contributed by atoms with Crippen LogP contribution in [0.1, 0.15) is 36.7 Å². The molecule has 0 saturated heterocycles. The van der Waals surface area contributed by atoms with Crippen molar-refractivity contribution >= 4 is 11.6 Å². The Morgan fingerprint density at radius 2 is 2.08 bits per heavy atom. The molecule has 2 aromatic rings. The highest BCUT2D eigenvalue weighted by Crippen LogP contribution is 2.30. The summed E-state index contributed by atoms with van der Waals surface area (Å²) in [6.07, 6.45) is -3.12. The highest BCUT2D eigenvalue weighted by atomic mass is 19.4. The fourth-order valence-corrected chi connectivity index (χ4v) is 2.38. The number of hydrogen-bond acceptors (Lipinski definition) is 3. The van der Waals surface area contributed by atoms with Gasteiger partial charge in [-0.25, -0.2) is 0 Å². The molecule has 0 spiro atoms. The number of aromatic nitrogens is 2. The number of nitrogens with one attached hydrogen (secondary N) is 2. The van der Waals surface area contributed by atoms with Crippen LogP contribution in [0.3, 0.4) is 0 Å². The number of aryl methyl sites for hydroxylation is 1. The molecule has 0 aliphatic rings. The summed E-state index contributed by atoms with van der Waals surface area (Å²) in [5.74, 6) is -0.182. The molecule has 0 aliphatic carbocycles. The maximum absolute atomic E-state index is 12.9. The third kappa shape index (κ3) is 4.58. The maximum Gasteiger partial charge on any atom is 0.435 e. The van der Waals surface area contributed by atoms with Crippen molar-refractivity contribution < 1.29 is 18.0 Å². The number of benzene rings is 1. The van der Waals surface area contributed by atoms with Gasteiger partial charge < -0.3 is 10.6 Å². The molecule has 1 amide bonds. The number of alkyl halides is 3. The number of carbonyl (C=O) groups is 1. The molecule has 1 atom stereocenters. The van der Waals surface area contributed by atoms with Gasteiger partial charge in [-0.1, -0.05) is 12.1 Å². The van der Waals surface area contributed by atoms with Crippen LogP contribution >= 0.6 is 0 Å². The lowest BCUT2D eigenvalue weighted by Crippen LogP contribution is -2.20. The molecule has 0 aliphatic heterocycles. The van der Waals surface area contributed by atoms with E-state index in [4.69, 9.17) is 0 Å². The predicted octanol–water partition coefficient (Wildman–Crippen LogP) is 3.25. The second-order valence-electron chi connectivity index (χ2n) is 5.58. The van der Waals surface area contributed by atoms with Gasteiger partial charge in [-0.05, 0) is 24.6 Å². The number of amides is 1. The molecular formula is C16H19F3N4O. The summed E-state index contributed by atoms with van der Waals surface area (Å²) in [5.41, 5.74) is 0.719. The third-order valence-corrected chi connectivity index (χ3v) is 3.48. The molecule has 1 aromatic carbocycles. The van der Waals surface area contributed by atoms with Gasteiger partial charge in [0.05, 0.1) is 0 Å². The van der Waals surface area contributed by atoms with Gasteiger partial charge in [0.25, 0.3) is 0 Å². The Morgan fingerprint density at radius 1 is 1.38 bits per heavy atom. The fraction of sp³-hybridized carbons (Fsp3) is 0.375. The summed E-state index contributed by atoms with van der Waals surface area (Å²) in [6.45, 7) is 3.29. The Labute approximate surface area is 137 Å². The standard InChI is InChI=1S/C16H19F3N4O/c1-10(12-5-4-6-14(7-12)21-11(2)24)20-8-13-9-23(3)22-15(13)16(17,18)19/h4-7,9-10,20H,8H2,1-3H3,(H,21,24)/t10-/m1/s1. The Morgan fingerprint density at radius 3 is 2.71 bits per heavy atom. The van der Waals surface area contributed by atoms with Gasteiger partial charge >= 0.3 is 6.18 Å². The zero-order valence-corrected chi connectivity index (χ0v) is 13.6. The molecule has 2 N–H and O–H groups in total. The first kappa shape index (κ1) is 18.0. The lowest BCUT2D eigenvalue weighted by atomic mass is 10.1. The normalized spacial score (nSPS) is 12.9. The molecule has 0 saturated carbocycles. The summed E-state index contributed by atoms with van der Waals surface area (Å²) in [5, 5.41) is 9.22. The van der Waals surface area contributed by atoms with Gasteiger partial charge in [-0.15, -0.1) is 0 Å². The van der Waals surface area contributed by atoms with Crippen LogP contribution in [0.5, 0.6) is 0 Å². The van der Waals surface area contributed by atoms with E-state index in [0.717, 1.165) is 10.2 Å². The number of carbonyl (C=O) groups excluding carboxylic acids is 1. The molecule has 8 heteroatoms. The molecule has 1 aromatic heterocycles. The summed E-state index contributed by atoms with van der Waals surface area (Å²) in [6, 6.07) is 6.97. The van der Waals surface area contributed by atoms with Crippen molar-refractivity contribution in [2.24, 2.45) is 7.05 Å². The fourth-order valence-electron chi connectivity index (χ4n) is 2.38. The molecule has 0 radical (unpaired) electrons. The lowest BCUT2D eigenvalue weighted by Gasteiger charge is -2.16. The molecule has 1 heterocycles. The molecule has 5 nitrogen and oxygen atoms in total. The maximum atomic E-state index is 12.9. The zero-order valence-electron chi connectivity index (χ0n) is 13.6. The van der Waals surface area contributed by atoms with Gasteiger partial charge in [0.15, 0.2) is 5.69 Å². The van der Waals surface area contributed by atoms with Crippen molar-refractivity contribution in [3.05, 3.63) is 47.3 Å². The Balaban J connectivity index is 2.09. The van der Waals surface area contributed by atoms with Crippen molar-refractivity contribution in [3.63, 3.8) is 0 Å². The predicted molar refractivity (Wildman–Crippen MR) is 84.2 cm³/mol. The van der Waals surface area contributed by atoms with Crippen LogP contribution in [0.15, 0.2) is 30.5 Å². The number of rotatable bonds is 5. The van der Waals surface area contributed by atoms with E-state index in [0.29, 0.717) is 5.69 Å². The molecule has 130 valence electrons. The molecule has 24 heavy (non-hydrogen) atoms. The largest absolute Gasteiger partial charge is 0.435 e. The number of halogens is 3. The van der Waals surface area contributed by atoms with Crippen LogP contribution in [0.2, 0.25) is 0 Å². The van der Waals surface area contributed by atoms with Crippen molar-refractivity contribution in [1.29, 1.82) is 0 Å². The summed E-state index contributed by atoms with van der Waals surface area (Å²) in [7, 11) is 1.46. The molecule has 0 unspecified atom stereocenters. The Hall–Kier alpha value is -2.35. The van der Waals surface area contributed by atoms with Gasteiger partial charge in [0.2, 0.25) is 5.91 Å². The van der Waals surface area contributed by atoms with Crippen molar-refractivity contribution in [3.8, 4) is 0 Å². The zero-order chi connectivity index (χ0) is 17.9. The smallest absolute Gasteiger partial charge is 0.326 e. The van der Waals surface area contributed by atoms with Crippen molar-refractivity contribution in [1.82, 2.24) is 15.1 Å². The molecular weight excluding hydrogens is 321 g/mol. The molecule has 0 bridgehead atoms. The third-order valence-electron chi connectivity index (χ3n) is 3.48. The van der Waals surface area contributed by atoms with Crippen LogP contribution in [0.4, 0.5) is 18.9 Å². The first-order chi connectivity index (χ1) is 11.2. The van der Waals surface area contributed by atoms with Gasteiger partial charge in [-0.3, -0.25) is 9.48 Å². The molecule has 0 fully saturated rings. The van der Waals surface area contributed by atoms with Crippen LogP contribution < -0.4 is 10.6 Å². The quantitative estimate of drug-likeness (QED) is 0.878. The minimum Gasteiger partial charge on any atom is -0.326 e. The Bertz CT molecular complexity index is 724. The lowest BCUT2D eigenvalue weighted by molar-refractivity contribution is -0.142. The second-order valence-corrected chi connectivity index (χ2v) is 5.58. The van der Waals surface area contributed by atoms with E-state index in [1.165, 1.54) is 20.2 Å². The topological polar surface area (TPSA) is 59.0 Å². The minimum atomic E-state index is -4.48. The first-order valence-corrected chi connectivity index (χ1v) is 7.37. The summed E-state index contributed by atoms with van der Waals surface area (Å²) < 4.78 is 40.0. The van der Waals surface area contributed by atoms with Crippen molar-refractivity contribution in [2.75, 3.05) is 5.32 Å². The highest BCUT2D eigenvalue weighted by molar-refractivity contribution is 5.88. The van der Waals surface area contributed by atoms with E-state index < -0.39 is 11.9 Å². The van der Waals surface area contributed by atoms with E-state index in [1.807, 2.05) is 13.0 Å². The van der Waals surface area contributed by atoms with Crippen molar-refractivity contribution in [2.45, 2.75) is 32.6 Å². The SMILES string of the molecule is CC(=O)Nc1cccc([C@@H](C)NCc2cn(C)nc2C(F)(F)F)c1. The van der Waals surface area contributed by atoms with E-state index in [1.54, 1.807) is 18.2 Å². The monoisotopic (exact) mass is 340 g/mol. The van der Waals surface area contributed by atoms with Crippen LogP contribution in [0.25, 0.3) is 0 Å². The van der Waals surface area contributed by atoms with E-state index in [-0.39, 0.29) is 24.1 Å². The van der Waals surface area contributed by atoms with Gasteiger partial charge in [0, 0.05) is 44.0 Å². The average molecular weight is 340 g/mol. The Kier molecular flexibility index (Phi) is 5.28. The van der Waals surface area contributed by atoms with Crippen LogP contribution in [-0.4, -0.2) is 15.7 Å². The average Bonchev–Trinajstić information content (AvgIpc) is 2.85. The van der Waals surface area contributed by atoms with Gasteiger partial charge in [0.1, 0.15) is 0 Å². The number of nitrogens with zero attached hydrogens (tertiary/aromatic N) is 2. The van der Waals surface area contributed by atoms with Crippen LogP contribution in [0, 0.1) is 0 Å². The second kappa shape index (κ2) is 7.04.